The van der Waals surface area contributed by atoms with E-state index in [0.717, 1.165) is 18.0 Å². The van der Waals surface area contributed by atoms with Gasteiger partial charge in [0.05, 0.1) is 5.69 Å². The maximum Gasteiger partial charge on any atom is 0.123 e. The molecule has 0 radical (unpaired) electrons. The number of aromatic nitrogens is 1. The van der Waals surface area contributed by atoms with Crippen LogP contribution in [0.25, 0.3) is 10.6 Å². The van der Waals surface area contributed by atoms with E-state index in [0.29, 0.717) is 5.92 Å². The van der Waals surface area contributed by atoms with Crippen LogP contribution in [0.15, 0.2) is 24.3 Å². The van der Waals surface area contributed by atoms with E-state index >= 15 is 0 Å². The molecule has 2 aromatic rings. The summed E-state index contributed by atoms with van der Waals surface area (Å²) in [7, 11) is 1.98. The van der Waals surface area contributed by atoms with Crippen LogP contribution in [0.1, 0.15) is 42.8 Å². The number of hydrogen-bond acceptors (Lipinski definition) is 3. The van der Waals surface area contributed by atoms with Crippen LogP contribution in [0.2, 0.25) is 0 Å². The van der Waals surface area contributed by atoms with Crippen LogP contribution >= 0.6 is 11.3 Å². The van der Waals surface area contributed by atoms with Crippen LogP contribution < -0.4 is 5.32 Å². The molecule has 2 rings (SSSR count). The van der Waals surface area contributed by atoms with Crippen LogP contribution in [0.3, 0.4) is 0 Å². The Bertz CT molecular complexity index is 526. The second kappa shape index (κ2) is 6.31. The first-order chi connectivity index (χ1) is 9.15. The number of nitrogens with zero attached hydrogens (tertiary/aromatic N) is 1. The zero-order valence-corrected chi connectivity index (χ0v) is 13.0. The lowest BCUT2D eigenvalue weighted by Crippen LogP contribution is -2.05. The third kappa shape index (κ3) is 3.23. The van der Waals surface area contributed by atoms with Gasteiger partial charge in [0.25, 0.3) is 0 Å². The van der Waals surface area contributed by atoms with Gasteiger partial charge in [0.15, 0.2) is 0 Å². The van der Waals surface area contributed by atoms with E-state index in [9.17, 15) is 0 Å². The van der Waals surface area contributed by atoms with Crippen molar-refractivity contribution in [2.45, 2.75) is 39.7 Å². The SMILES string of the molecule is CCc1nc(-c2ccc(C(C)C)cc2)sc1CNC. The fraction of sp³-hybridized carbons (Fsp3) is 0.438. The molecular weight excluding hydrogens is 252 g/mol. The van der Waals surface area contributed by atoms with E-state index in [-0.39, 0.29) is 0 Å². The average molecular weight is 274 g/mol. The summed E-state index contributed by atoms with van der Waals surface area (Å²) in [5.74, 6) is 0.580. The summed E-state index contributed by atoms with van der Waals surface area (Å²) >= 11 is 1.80. The molecule has 1 aromatic carbocycles. The van der Waals surface area contributed by atoms with Crippen LogP contribution in [0.4, 0.5) is 0 Å². The van der Waals surface area contributed by atoms with E-state index < -0.39 is 0 Å². The van der Waals surface area contributed by atoms with Crippen molar-refractivity contribution in [3.8, 4) is 10.6 Å². The van der Waals surface area contributed by atoms with Gasteiger partial charge in [-0.15, -0.1) is 11.3 Å². The Kier molecular flexibility index (Phi) is 4.72. The molecule has 3 heteroatoms. The quantitative estimate of drug-likeness (QED) is 0.883. The van der Waals surface area contributed by atoms with Crippen molar-refractivity contribution in [3.05, 3.63) is 40.4 Å². The van der Waals surface area contributed by atoms with E-state index in [1.165, 1.54) is 21.7 Å². The van der Waals surface area contributed by atoms with Crippen LogP contribution in [0, 0.1) is 0 Å². The number of hydrogen-bond donors (Lipinski definition) is 1. The first kappa shape index (κ1) is 14.2. The molecule has 0 saturated carbocycles. The second-order valence-electron chi connectivity index (χ2n) is 5.05. The van der Waals surface area contributed by atoms with Crippen LogP contribution in [0.5, 0.6) is 0 Å². The smallest absolute Gasteiger partial charge is 0.123 e. The van der Waals surface area contributed by atoms with Gasteiger partial charge in [0, 0.05) is 17.0 Å². The lowest BCUT2D eigenvalue weighted by molar-refractivity contribution is 0.815. The van der Waals surface area contributed by atoms with Gasteiger partial charge in [-0.3, -0.25) is 0 Å². The predicted octanol–water partition coefficient (Wildman–Crippen LogP) is 4.22. The third-order valence-corrected chi connectivity index (χ3v) is 4.42. The molecular formula is C16H22N2S. The number of nitrogens with one attached hydrogen (secondary N) is 1. The van der Waals surface area contributed by atoms with E-state index in [4.69, 9.17) is 4.98 Å². The molecule has 19 heavy (non-hydrogen) atoms. The Morgan fingerprint density at radius 2 is 1.89 bits per heavy atom. The summed E-state index contributed by atoms with van der Waals surface area (Å²) < 4.78 is 0. The molecule has 0 amide bonds. The minimum atomic E-state index is 0.580. The summed E-state index contributed by atoms with van der Waals surface area (Å²) in [5.41, 5.74) is 3.83. The fourth-order valence-corrected chi connectivity index (χ4v) is 3.26. The summed E-state index contributed by atoms with van der Waals surface area (Å²) in [6, 6.07) is 8.81. The Balaban J connectivity index is 2.30. The molecule has 0 unspecified atom stereocenters. The highest BCUT2D eigenvalue weighted by atomic mass is 32.1. The molecule has 0 aliphatic carbocycles. The molecule has 0 bridgehead atoms. The Labute approximate surface area is 119 Å². The fourth-order valence-electron chi connectivity index (χ4n) is 2.09. The molecule has 0 atom stereocenters. The number of thiazole rings is 1. The Morgan fingerprint density at radius 3 is 2.42 bits per heavy atom. The average Bonchev–Trinajstić information content (AvgIpc) is 2.82. The maximum absolute atomic E-state index is 4.77. The van der Waals surface area contributed by atoms with Crippen molar-refractivity contribution in [2.24, 2.45) is 0 Å². The van der Waals surface area contributed by atoms with Gasteiger partial charge in [-0.2, -0.15) is 0 Å². The molecule has 0 aliphatic heterocycles. The zero-order valence-electron chi connectivity index (χ0n) is 12.2. The first-order valence-electron chi connectivity index (χ1n) is 6.89. The third-order valence-electron chi connectivity index (χ3n) is 3.27. The van der Waals surface area contributed by atoms with Gasteiger partial charge in [-0.25, -0.2) is 4.98 Å². The van der Waals surface area contributed by atoms with Crippen molar-refractivity contribution in [3.63, 3.8) is 0 Å². The Morgan fingerprint density at radius 1 is 1.21 bits per heavy atom. The molecule has 0 spiro atoms. The highest BCUT2D eigenvalue weighted by molar-refractivity contribution is 7.15. The lowest BCUT2D eigenvalue weighted by atomic mass is 10.0. The minimum Gasteiger partial charge on any atom is -0.315 e. The standard InChI is InChI=1S/C16H22N2S/c1-5-14-15(10-17-4)19-16(18-14)13-8-6-12(7-9-13)11(2)3/h6-9,11,17H,5,10H2,1-4H3. The molecule has 1 N–H and O–H groups in total. The summed E-state index contributed by atoms with van der Waals surface area (Å²) in [6.45, 7) is 7.52. The molecule has 102 valence electrons. The van der Waals surface area contributed by atoms with Crippen molar-refractivity contribution in [1.82, 2.24) is 10.3 Å². The van der Waals surface area contributed by atoms with Gasteiger partial charge >= 0.3 is 0 Å². The van der Waals surface area contributed by atoms with Crippen molar-refractivity contribution >= 4 is 11.3 Å². The van der Waals surface area contributed by atoms with Gasteiger partial charge in [-0.05, 0) is 24.9 Å². The van der Waals surface area contributed by atoms with Gasteiger partial charge in [0.1, 0.15) is 5.01 Å². The second-order valence-corrected chi connectivity index (χ2v) is 6.13. The lowest BCUT2D eigenvalue weighted by Gasteiger charge is -2.05. The number of rotatable bonds is 5. The van der Waals surface area contributed by atoms with E-state index in [1.54, 1.807) is 11.3 Å². The van der Waals surface area contributed by atoms with Gasteiger partial charge in [0.2, 0.25) is 0 Å². The summed E-state index contributed by atoms with van der Waals surface area (Å²) in [5, 5.41) is 4.35. The predicted molar refractivity (Wildman–Crippen MR) is 83.8 cm³/mol. The van der Waals surface area contributed by atoms with Gasteiger partial charge < -0.3 is 5.32 Å². The molecule has 2 nitrogen and oxygen atoms in total. The molecule has 0 fully saturated rings. The molecule has 1 aromatic heterocycles. The van der Waals surface area contributed by atoms with E-state index in [1.807, 2.05) is 7.05 Å². The number of aryl methyl sites for hydroxylation is 1. The van der Waals surface area contributed by atoms with Gasteiger partial charge in [-0.1, -0.05) is 45.0 Å². The molecule has 0 saturated heterocycles. The zero-order chi connectivity index (χ0) is 13.8. The highest BCUT2D eigenvalue weighted by Gasteiger charge is 2.10. The van der Waals surface area contributed by atoms with Crippen molar-refractivity contribution in [2.75, 3.05) is 7.05 Å². The highest BCUT2D eigenvalue weighted by Crippen LogP contribution is 2.29. The van der Waals surface area contributed by atoms with E-state index in [2.05, 4.69) is 50.4 Å². The summed E-state index contributed by atoms with van der Waals surface area (Å²) in [6.07, 6.45) is 0.998. The van der Waals surface area contributed by atoms with Crippen molar-refractivity contribution < 1.29 is 0 Å². The van der Waals surface area contributed by atoms with Crippen molar-refractivity contribution in [1.29, 1.82) is 0 Å². The monoisotopic (exact) mass is 274 g/mol. The molecule has 0 aliphatic rings. The topological polar surface area (TPSA) is 24.9 Å². The number of benzene rings is 1. The molecule has 1 heterocycles. The Hall–Kier alpha value is -1.19. The first-order valence-corrected chi connectivity index (χ1v) is 7.70. The largest absolute Gasteiger partial charge is 0.315 e. The normalized spacial score (nSPS) is 11.2. The summed E-state index contributed by atoms with van der Waals surface area (Å²) in [4.78, 5) is 6.13. The minimum absolute atomic E-state index is 0.580. The van der Waals surface area contributed by atoms with Crippen LogP contribution in [-0.2, 0) is 13.0 Å². The maximum atomic E-state index is 4.77. The van der Waals surface area contributed by atoms with Crippen LogP contribution in [-0.4, -0.2) is 12.0 Å².